The molecule has 1 N–H and O–H groups in total. The summed E-state index contributed by atoms with van der Waals surface area (Å²) in [7, 11) is 0. The van der Waals surface area contributed by atoms with Crippen molar-refractivity contribution in [2.75, 3.05) is 0 Å². The molecule has 0 atom stereocenters. The van der Waals surface area contributed by atoms with Crippen molar-refractivity contribution in [2.45, 2.75) is 0 Å². The van der Waals surface area contributed by atoms with Crippen LogP contribution in [0.4, 0.5) is 0 Å². The molecule has 2 aromatic rings. The minimum Gasteiger partial charge on any atom is -0.477 e. The summed E-state index contributed by atoms with van der Waals surface area (Å²) >= 11 is 5.69. The number of hydrogen-bond donors (Lipinski definition) is 1. The first-order valence-electron chi connectivity index (χ1n) is 3.41. The topological polar surface area (TPSA) is 67.5 Å². The van der Waals surface area contributed by atoms with Crippen molar-refractivity contribution in [3.05, 3.63) is 29.4 Å². The molecule has 6 heteroatoms. The quantitative estimate of drug-likeness (QED) is 0.743. The molecule has 0 unspecified atom stereocenters. The first kappa shape index (κ1) is 8.00. The van der Waals surface area contributed by atoms with Crippen LogP contribution in [0, 0.1) is 0 Å². The highest BCUT2D eigenvalue weighted by atomic mass is 35.5. The van der Waals surface area contributed by atoms with Crippen LogP contribution in [0.25, 0.3) is 5.65 Å². The molecule has 0 aliphatic rings. The van der Waals surface area contributed by atoms with E-state index in [1.165, 1.54) is 23.0 Å². The smallest absolute Gasteiger partial charge is 0.354 e. The van der Waals surface area contributed by atoms with Gasteiger partial charge in [-0.25, -0.2) is 14.8 Å². The third-order valence-electron chi connectivity index (χ3n) is 1.60. The third-order valence-corrected chi connectivity index (χ3v) is 1.87. The zero-order chi connectivity index (χ0) is 9.42. The van der Waals surface area contributed by atoms with Gasteiger partial charge in [-0.05, 0) is 0 Å². The normalized spacial score (nSPS) is 10.5. The van der Waals surface area contributed by atoms with E-state index in [1.807, 2.05) is 0 Å². The highest BCUT2D eigenvalue weighted by Gasteiger charge is 2.11. The zero-order valence-electron chi connectivity index (χ0n) is 6.31. The number of carboxylic acid groups (broad SMARTS) is 1. The van der Waals surface area contributed by atoms with Gasteiger partial charge in [-0.1, -0.05) is 11.6 Å². The summed E-state index contributed by atoms with van der Waals surface area (Å²) in [5, 5.41) is 8.93. The molecule has 2 heterocycles. The average Bonchev–Trinajstić information content (AvgIpc) is 2.48. The first-order chi connectivity index (χ1) is 6.20. The number of fused-ring (bicyclic) bond motifs is 1. The lowest BCUT2D eigenvalue weighted by molar-refractivity contribution is 0.0689. The van der Waals surface area contributed by atoms with Crippen LogP contribution in [0.2, 0.25) is 5.15 Å². The molecule has 2 aromatic heterocycles. The van der Waals surface area contributed by atoms with Crippen molar-refractivity contribution in [3.8, 4) is 0 Å². The van der Waals surface area contributed by atoms with E-state index in [4.69, 9.17) is 16.7 Å². The fourth-order valence-corrected chi connectivity index (χ4v) is 1.24. The standard InChI is InChI=1S/C7H4ClN3O2/c8-5-6-10-3-4(7(12)13)11(6)2-1-9-5/h1-3H,(H,12,13). The minimum absolute atomic E-state index is 0.0688. The number of rotatable bonds is 1. The molecule has 0 saturated heterocycles. The molecule has 5 nitrogen and oxygen atoms in total. The van der Waals surface area contributed by atoms with Gasteiger partial charge in [0.25, 0.3) is 0 Å². The van der Waals surface area contributed by atoms with Gasteiger partial charge in [0, 0.05) is 12.4 Å². The monoisotopic (exact) mass is 197 g/mol. The molecular formula is C7H4ClN3O2. The van der Waals surface area contributed by atoms with Crippen molar-refractivity contribution in [3.63, 3.8) is 0 Å². The number of carbonyl (C=O) groups is 1. The third kappa shape index (κ3) is 1.13. The van der Waals surface area contributed by atoms with Crippen molar-refractivity contribution in [1.29, 1.82) is 0 Å². The number of hydrogen-bond acceptors (Lipinski definition) is 3. The Morgan fingerprint density at radius 1 is 1.54 bits per heavy atom. The largest absolute Gasteiger partial charge is 0.477 e. The highest BCUT2D eigenvalue weighted by molar-refractivity contribution is 6.32. The fourth-order valence-electron chi connectivity index (χ4n) is 1.05. The number of carboxylic acids is 1. The van der Waals surface area contributed by atoms with Gasteiger partial charge in [0.05, 0.1) is 6.20 Å². The molecule has 0 amide bonds. The molecule has 0 aliphatic carbocycles. The molecule has 13 heavy (non-hydrogen) atoms. The van der Waals surface area contributed by atoms with Gasteiger partial charge < -0.3 is 5.11 Å². The van der Waals surface area contributed by atoms with E-state index < -0.39 is 5.97 Å². The maximum absolute atomic E-state index is 10.7. The van der Waals surface area contributed by atoms with Crippen LogP contribution in [0.1, 0.15) is 10.5 Å². The van der Waals surface area contributed by atoms with E-state index in [2.05, 4.69) is 9.97 Å². The number of nitrogens with zero attached hydrogens (tertiary/aromatic N) is 3. The Bertz CT molecular complexity index is 480. The molecule has 0 radical (unpaired) electrons. The number of aromatic nitrogens is 3. The SMILES string of the molecule is O=C(O)c1cnc2c(Cl)nccn12. The van der Waals surface area contributed by atoms with Gasteiger partial charge in [0.2, 0.25) is 0 Å². The average molecular weight is 198 g/mol. The van der Waals surface area contributed by atoms with Crippen molar-refractivity contribution < 1.29 is 9.90 Å². The second-order valence-electron chi connectivity index (χ2n) is 2.36. The molecule has 0 spiro atoms. The molecule has 0 aromatic carbocycles. The van der Waals surface area contributed by atoms with Gasteiger partial charge in [-0.2, -0.15) is 0 Å². The lowest BCUT2D eigenvalue weighted by atomic mass is 10.5. The summed E-state index contributed by atoms with van der Waals surface area (Å²) < 4.78 is 1.37. The van der Waals surface area contributed by atoms with Crippen molar-refractivity contribution in [2.24, 2.45) is 0 Å². The molecule has 0 bridgehead atoms. The van der Waals surface area contributed by atoms with Gasteiger partial charge in [-0.15, -0.1) is 0 Å². The predicted octanol–water partition coefficient (Wildman–Crippen LogP) is 1.08. The van der Waals surface area contributed by atoms with Gasteiger partial charge >= 0.3 is 5.97 Å². The Morgan fingerprint density at radius 3 is 3.00 bits per heavy atom. The Balaban J connectivity index is 2.83. The lowest BCUT2D eigenvalue weighted by Crippen LogP contribution is -2.01. The second-order valence-corrected chi connectivity index (χ2v) is 2.72. The number of halogens is 1. The van der Waals surface area contributed by atoms with Crippen molar-refractivity contribution in [1.82, 2.24) is 14.4 Å². The second kappa shape index (κ2) is 2.70. The Morgan fingerprint density at radius 2 is 2.31 bits per heavy atom. The summed E-state index contributed by atoms with van der Waals surface area (Å²) in [5.41, 5.74) is 0.417. The number of imidazole rings is 1. The van der Waals surface area contributed by atoms with Crippen LogP contribution < -0.4 is 0 Å². The summed E-state index contributed by atoms with van der Waals surface area (Å²) in [5.74, 6) is -1.05. The Hall–Kier alpha value is -1.62. The molecule has 0 aliphatic heterocycles. The van der Waals surface area contributed by atoms with E-state index >= 15 is 0 Å². The van der Waals surface area contributed by atoms with E-state index in [1.54, 1.807) is 0 Å². The maximum Gasteiger partial charge on any atom is 0.354 e. The van der Waals surface area contributed by atoms with Gasteiger partial charge in [0.15, 0.2) is 16.5 Å². The van der Waals surface area contributed by atoms with Gasteiger partial charge in [-0.3, -0.25) is 4.40 Å². The van der Waals surface area contributed by atoms with E-state index in [9.17, 15) is 4.79 Å². The highest BCUT2D eigenvalue weighted by Crippen LogP contribution is 2.13. The van der Waals surface area contributed by atoms with Crippen molar-refractivity contribution >= 4 is 23.2 Å². The molecule has 2 rings (SSSR count). The lowest BCUT2D eigenvalue weighted by Gasteiger charge is -1.95. The fraction of sp³-hybridized carbons (Fsp3) is 0. The van der Waals surface area contributed by atoms with Crippen LogP contribution in [0.15, 0.2) is 18.6 Å². The Labute approximate surface area is 77.6 Å². The van der Waals surface area contributed by atoms with Crippen LogP contribution in [-0.2, 0) is 0 Å². The Kier molecular flexibility index (Phi) is 1.66. The van der Waals surface area contributed by atoms with Crippen LogP contribution in [0.5, 0.6) is 0 Å². The van der Waals surface area contributed by atoms with Crippen LogP contribution >= 0.6 is 11.6 Å². The predicted molar refractivity (Wildman–Crippen MR) is 45.0 cm³/mol. The van der Waals surface area contributed by atoms with Gasteiger partial charge in [0.1, 0.15) is 0 Å². The summed E-state index contributed by atoms with van der Waals surface area (Å²) in [4.78, 5) is 18.3. The van der Waals surface area contributed by atoms with Crippen LogP contribution in [-0.4, -0.2) is 25.4 Å². The van der Waals surface area contributed by atoms with Crippen LogP contribution in [0.3, 0.4) is 0 Å². The van der Waals surface area contributed by atoms with E-state index in [-0.39, 0.29) is 10.8 Å². The summed E-state index contributed by atoms with van der Waals surface area (Å²) in [6, 6.07) is 0. The number of aromatic carboxylic acids is 1. The summed E-state index contributed by atoms with van der Waals surface area (Å²) in [6.45, 7) is 0. The maximum atomic E-state index is 10.7. The first-order valence-corrected chi connectivity index (χ1v) is 3.79. The molecule has 0 saturated carbocycles. The molecular weight excluding hydrogens is 194 g/mol. The molecule has 66 valence electrons. The minimum atomic E-state index is -1.05. The van der Waals surface area contributed by atoms with E-state index in [0.717, 1.165) is 0 Å². The zero-order valence-corrected chi connectivity index (χ0v) is 7.06. The summed E-state index contributed by atoms with van der Waals surface area (Å²) in [6.07, 6.45) is 4.16. The molecule has 0 fully saturated rings. The van der Waals surface area contributed by atoms with E-state index in [0.29, 0.717) is 5.65 Å².